The molecule has 0 aliphatic carbocycles. The van der Waals surface area contributed by atoms with Gasteiger partial charge in [-0.2, -0.15) is 0 Å². The average Bonchev–Trinajstić information content (AvgIpc) is 2.22. The molecule has 0 radical (unpaired) electrons. The van der Waals surface area contributed by atoms with Crippen molar-refractivity contribution in [3.8, 4) is 0 Å². The maximum Gasteiger partial charge on any atom is 0.328 e. The molecule has 1 N–H and O–H groups in total. The van der Waals surface area contributed by atoms with E-state index in [4.69, 9.17) is 9.47 Å². The first-order valence-electron chi connectivity index (χ1n) is 5.37. The first kappa shape index (κ1) is 14.4. The Bertz CT molecular complexity index is 194. The van der Waals surface area contributed by atoms with Gasteiger partial charge in [0.25, 0.3) is 0 Å². The molecule has 0 aliphatic heterocycles. The Labute approximate surface area is 92.3 Å². The Morgan fingerprint density at radius 2 is 2.00 bits per heavy atom. The number of nitrogens with one attached hydrogen (secondary N) is 1. The lowest BCUT2D eigenvalue weighted by Crippen LogP contribution is -2.60. The van der Waals surface area contributed by atoms with E-state index in [2.05, 4.69) is 12.2 Å². The van der Waals surface area contributed by atoms with Gasteiger partial charge < -0.3 is 9.47 Å². The number of hydrogen-bond donors (Lipinski definition) is 1. The monoisotopic (exact) mass is 217 g/mol. The van der Waals surface area contributed by atoms with Crippen molar-refractivity contribution in [2.75, 3.05) is 27.4 Å². The zero-order valence-corrected chi connectivity index (χ0v) is 10.4. The minimum atomic E-state index is -0.723. The molecular weight excluding hydrogens is 194 g/mol. The van der Waals surface area contributed by atoms with Gasteiger partial charge in [0.1, 0.15) is 5.54 Å². The highest BCUT2D eigenvalue weighted by Gasteiger charge is 2.42. The number of hydrogen-bond acceptors (Lipinski definition) is 4. The SMILES string of the molecule is CCCNC(COC)(C(=O)OC)C(C)C. The standard InChI is InChI=1S/C11H23NO3/c1-6-7-12-11(8-14-4,9(2)3)10(13)15-5/h9,12H,6-8H2,1-5H3. The van der Waals surface area contributed by atoms with Gasteiger partial charge in [-0.15, -0.1) is 0 Å². The molecule has 0 spiro atoms. The number of carbonyl (C=O) groups excluding carboxylic acids is 1. The van der Waals surface area contributed by atoms with E-state index in [1.807, 2.05) is 13.8 Å². The number of rotatable bonds is 7. The summed E-state index contributed by atoms with van der Waals surface area (Å²) in [6, 6.07) is 0. The summed E-state index contributed by atoms with van der Waals surface area (Å²) < 4.78 is 9.97. The number of ether oxygens (including phenoxy) is 2. The number of methoxy groups -OCH3 is 2. The van der Waals surface area contributed by atoms with Gasteiger partial charge in [-0.3, -0.25) is 5.32 Å². The number of esters is 1. The second-order valence-electron chi connectivity index (χ2n) is 3.98. The van der Waals surface area contributed by atoms with Crippen LogP contribution in [-0.4, -0.2) is 38.9 Å². The van der Waals surface area contributed by atoms with Crippen LogP contribution in [0.25, 0.3) is 0 Å². The molecule has 0 saturated heterocycles. The van der Waals surface area contributed by atoms with E-state index in [0.29, 0.717) is 6.61 Å². The van der Waals surface area contributed by atoms with Gasteiger partial charge in [-0.05, 0) is 18.9 Å². The van der Waals surface area contributed by atoms with Gasteiger partial charge >= 0.3 is 5.97 Å². The predicted molar refractivity (Wildman–Crippen MR) is 59.8 cm³/mol. The summed E-state index contributed by atoms with van der Waals surface area (Å²) in [6.45, 7) is 7.13. The summed E-state index contributed by atoms with van der Waals surface area (Å²) in [7, 11) is 3.00. The van der Waals surface area contributed by atoms with Crippen LogP contribution in [0, 0.1) is 5.92 Å². The maximum atomic E-state index is 11.8. The van der Waals surface area contributed by atoms with E-state index in [0.717, 1.165) is 13.0 Å². The Balaban J connectivity index is 4.80. The van der Waals surface area contributed by atoms with E-state index in [-0.39, 0.29) is 11.9 Å². The van der Waals surface area contributed by atoms with E-state index in [1.54, 1.807) is 7.11 Å². The Kier molecular flexibility index (Phi) is 6.52. The normalized spacial score (nSPS) is 15.1. The summed E-state index contributed by atoms with van der Waals surface area (Å²) >= 11 is 0. The molecule has 0 fully saturated rings. The third-order valence-electron chi connectivity index (χ3n) is 2.60. The predicted octanol–water partition coefficient (Wildman–Crippen LogP) is 1.20. The minimum absolute atomic E-state index is 0.122. The highest BCUT2D eigenvalue weighted by molar-refractivity contribution is 5.81. The quantitative estimate of drug-likeness (QED) is 0.651. The summed E-state index contributed by atoms with van der Waals surface area (Å²) in [5, 5.41) is 3.23. The molecule has 0 aromatic heterocycles. The van der Waals surface area contributed by atoms with Crippen LogP contribution in [0.1, 0.15) is 27.2 Å². The molecule has 1 atom stereocenters. The molecule has 0 heterocycles. The smallest absolute Gasteiger partial charge is 0.328 e. The topological polar surface area (TPSA) is 47.6 Å². The van der Waals surface area contributed by atoms with Crippen LogP contribution in [0.5, 0.6) is 0 Å². The van der Waals surface area contributed by atoms with Gasteiger partial charge in [0.15, 0.2) is 0 Å². The highest BCUT2D eigenvalue weighted by atomic mass is 16.5. The second-order valence-corrected chi connectivity index (χ2v) is 3.98. The molecule has 0 aromatic rings. The summed E-state index contributed by atoms with van der Waals surface area (Å²) in [6.07, 6.45) is 0.967. The fourth-order valence-corrected chi connectivity index (χ4v) is 1.55. The Hall–Kier alpha value is -0.610. The molecule has 4 heteroatoms. The van der Waals surface area contributed by atoms with Crippen LogP contribution < -0.4 is 5.32 Å². The fraction of sp³-hybridized carbons (Fsp3) is 0.909. The van der Waals surface area contributed by atoms with Crippen LogP contribution in [0.3, 0.4) is 0 Å². The first-order valence-corrected chi connectivity index (χ1v) is 5.37. The molecule has 0 bridgehead atoms. The van der Waals surface area contributed by atoms with Gasteiger partial charge in [0, 0.05) is 7.11 Å². The van der Waals surface area contributed by atoms with E-state index >= 15 is 0 Å². The lowest BCUT2D eigenvalue weighted by Gasteiger charge is -2.35. The minimum Gasteiger partial charge on any atom is -0.468 e. The Morgan fingerprint density at radius 1 is 1.40 bits per heavy atom. The molecule has 0 saturated carbocycles. The zero-order valence-electron chi connectivity index (χ0n) is 10.4. The van der Waals surface area contributed by atoms with Gasteiger partial charge in [-0.1, -0.05) is 20.8 Å². The highest BCUT2D eigenvalue weighted by Crippen LogP contribution is 2.19. The largest absolute Gasteiger partial charge is 0.468 e. The van der Waals surface area contributed by atoms with Crippen LogP contribution in [0.4, 0.5) is 0 Å². The fourth-order valence-electron chi connectivity index (χ4n) is 1.55. The number of carbonyl (C=O) groups is 1. The summed E-state index contributed by atoms with van der Waals surface area (Å²) in [5.74, 6) is -0.135. The molecule has 0 rings (SSSR count). The molecule has 0 aliphatic rings. The van der Waals surface area contributed by atoms with Gasteiger partial charge in [0.05, 0.1) is 13.7 Å². The average molecular weight is 217 g/mol. The van der Waals surface area contributed by atoms with Gasteiger partial charge in [-0.25, -0.2) is 4.79 Å². The van der Waals surface area contributed by atoms with Crippen molar-refractivity contribution in [3.63, 3.8) is 0 Å². The Morgan fingerprint density at radius 3 is 2.33 bits per heavy atom. The molecule has 0 amide bonds. The van der Waals surface area contributed by atoms with Crippen LogP contribution in [0.15, 0.2) is 0 Å². The van der Waals surface area contributed by atoms with Crippen molar-refractivity contribution in [2.45, 2.75) is 32.7 Å². The second kappa shape index (κ2) is 6.80. The maximum absolute atomic E-state index is 11.8. The van der Waals surface area contributed by atoms with Crippen molar-refractivity contribution < 1.29 is 14.3 Å². The summed E-state index contributed by atoms with van der Waals surface area (Å²) in [4.78, 5) is 11.8. The van der Waals surface area contributed by atoms with Crippen molar-refractivity contribution in [3.05, 3.63) is 0 Å². The lowest BCUT2D eigenvalue weighted by molar-refractivity contribution is -0.153. The molecule has 15 heavy (non-hydrogen) atoms. The third-order valence-corrected chi connectivity index (χ3v) is 2.60. The molecular formula is C11H23NO3. The molecule has 1 unspecified atom stereocenters. The lowest BCUT2D eigenvalue weighted by atomic mass is 9.87. The molecule has 0 aromatic carbocycles. The third kappa shape index (κ3) is 3.47. The van der Waals surface area contributed by atoms with E-state index in [1.165, 1.54) is 7.11 Å². The zero-order chi connectivity index (χ0) is 11.9. The van der Waals surface area contributed by atoms with Crippen molar-refractivity contribution in [1.29, 1.82) is 0 Å². The van der Waals surface area contributed by atoms with Crippen molar-refractivity contribution in [1.82, 2.24) is 5.32 Å². The molecule has 90 valence electrons. The van der Waals surface area contributed by atoms with Gasteiger partial charge in [0.2, 0.25) is 0 Å². The van der Waals surface area contributed by atoms with Crippen LogP contribution >= 0.6 is 0 Å². The molecule has 4 nitrogen and oxygen atoms in total. The van der Waals surface area contributed by atoms with Crippen molar-refractivity contribution >= 4 is 5.97 Å². The van der Waals surface area contributed by atoms with Crippen LogP contribution in [-0.2, 0) is 14.3 Å². The van der Waals surface area contributed by atoms with E-state index in [9.17, 15) is 4.79 Å². The summed E-state index contributed by atoms with van der Waals surface area (Å²) in [5.41, 5.74) is -0.723. The first-order chi connectivity index (χ1) is 7.05. The van der Waals surface area contributed by atoms with Crippen molar-refractivity contribution in [2.24, 2.45) is 5.92 Å². The van der Waals surface area contributed by atoms with E-state index < -0.39 is 5.54 Å². The van der Waals surface area contributed by atoms with Crippen LogP contribution in [0.2, 0.25) is 0 Å².